The lowest BCUT2D eigenvalue weighted by molar-refractivity contribution is 0.103. The number of ketones is 1. The van der Waals surface area contributed by atoms with Gasteiger partial charge in [-0.3, -0.25) is 4.79 Å². The van der Waals surface area contributed by atoms with Crippen molar-refractivity contribution in [1.82, 2.24) is 0 Å². The summed E-state index contributed by atoms with van der Waals surface area (Å²) >= 11 is 12.4. The van der Waals surface area contributed by atoms with E-state index in [4.69, 9.17) is 23.2 Å². The van der Waals surface area contributed by atoms with Gasteiger partial charge in [0.15, 0.2) is 5.78 Å². The zero-order valence-corrected chi connectivity index (χ0v) is 12.1. The lowest BCUT2D eigenvalue weighted by Crippen LogP contribution is -2.30. The third kappa shape index (κ3) is 1.65. The van der Waals surface area contributed by atoms with E-state index >= 15 is 0 Å². The van der Waals surface area contributed by atoms with E-state index in [0.29, 0.717) is 21.2 Å². The van der Waals surface area contributed by atoms with Gasteiger partial charge in [0.1, 0.15) is 0 Å². The molecule has 19 heavy (non-hydrogen) atoms. The Morgan fingerprint density at radius 1 is 0.842 bits per heavy atom. The third-order valence-corrected chi connectivity index (χ3v) is 4.46. The van der Waals surface area contributed by atoms with Gasteiger partial charge in [-0.05, 0) is 23.3 Å². The van der Waals surface area contributed by atoms with Crippen molar-refractivity contribution >= 4 is 29.0 Å². The Morgan fingerprint density at radius 3 is 1.68 bits per heavy atom. The molecule has 0 atom stereocenters. The van der Waals surface area contributed by atoms with Crippen LogP contribution in [0.4, 0.5) is 0 Å². The van der Waals surface area contributed by atoms with Gasteiger partial charge in [-0.15, -0.1) is 0 Å². The van der Waals surface area contributed by atoms with Crippen LogP contribution in [0.2, 0.25) is 10.0 Å². The Morgan fingerprint density at radius 2 is 1.26 bits per heavy atom. The molecule has 2 aromatic rings. The van der Waals surface area contributed by atoms with E-state index in [9.17, 15) is 4.79 Å². The predicted molar refractivity (Wildman–Crippen MR) is 78.5 cm³/mol. The standard InChI is InChI=1S/C16H12Cl2O/c1-16(2)9-5-3-7-11(17)13(9)15(19)14-10(16)6-4-8-12(14)18/h3-8H,1-2H3. The molecule has 0 saturated heterocycles. The monoisotopic (exact) mass is 290 g/mol. The van der Waals surface area contributed by atoms with Crippen molar-refractivity contribution in [3.05, 3.63) is 68.7 Å². The fraction of sp³-hybridized carbons (Fsp3) is 0.188. The molecule has 3 heteroatoms. The van der Waals surface area contributed by atoms with Gasteiger partial charge >= 0.3 is 0 Å². The fourth-order valence-electron chi connectivity index (χ4n) is 2.82. The Kier molecular flexibility index (Phi) is 2.74. The second kappa shape index (κ2) is 4.09. The second-order valence-corrected chi connectivity index (χ2v) is 6.09. The maximum Gasteiger partial charge on any atom is 0.196 e. The lowest BCUT2D eigenvalue weighted by atomic mass is 9.68. The van der Waals surface area contributed by atoms with E-state index < -0.39 is 0 Å². The Hall–Kier alpha value is -1.31. The Balaban J connectivity index is 2.44. The average Bonchev–Trinajstić information content (AvgIpc) is 2.36. The zero-order chi connectivity index (χ0) is 13.8. The molecule has 1 aliphatic carbocycles. The highest BCUT2D eigenvalue weighted by Gasteiger charge is 2.38. The molecule has 0 aliphatic heterocycles. The molecule has 0 spiro atoms. The van der Waals surface area contributed by atoms with Crippen LogP contribution in [0.5, 0.6) is 0 Å². The van der Waals surface area contributed by atoms with Crippen LogP contribution in [0.25, 0.3) is 0 Å². The highest BCUT2D eigenvalue weighted by molar-refractivity contribution is 6.39. The largest absolute Gasteiger partial charge is 0.288 e. The fourth-order valence-corrected chi connectivity index (χ4v) is 3.34. The summed E-state index contributed by atoms with van der Waals surface area (Å²) in [4.78, 5) is 12.7. The van der Waals surface area contributed by atoms with Crippen LogP contribution in [0.1, 0.15) is 40.9 Å². The van der Waals surface area contributed by atoms with Crippen molar-refractivity contribution in [2.75, 3.05) is 0 Å². The van der Waals surface area contributed by atoms with Crippen molar-refractivity contribution in [3.8, 4) is 0 Å². The molecule has 2 aromatic carbocycles. The first-order valence-electron chi connectivity index (χ1n) is 6.07. The molecule has 0 bridgehead atoms. The van der Waals surface area contributed by atoms with E-state index in [1.54, 1.807) is 12.1 Å². The van der Waals surface area contributed by atoms with Gasteiger partial charge < -0.3 is 0 Å². The van der Waals surface area contributed by atoms with Crippen molar-refractivity contribution in [1.29, 1.82) is 0 Å². The smallest absolute Gasteiger partial charge is 0.196 e. The SMILES string of the molecule is CC1(C)c2cccc(Cl)c2C(=O)c2c(Cl)cccc21. The van der Waals surface area contributed by atoms with Gasteiger partial charge in [0, 0.05) is 16.5 Å². The lowest BCUT2D eigenvalue weighted by Gasteiger charge is -2.34. The summed E-state index contributed by atoms with van der Waals surface area (Å²) in [5.74, 6) is -0.0828. The van der Waals surface area contributed by atoms with Crippen molar-refractivity contribution in [3.63, 3.8) is 0 Å². The molecule has 0 saturated carbocycles. The summed E-state index contributed by atoms with van der Waals surface area (Å²) in [6, 6.07) is 11.2. The summed E-state index contributed by atoms with van der Waals surface area (Å²) in [7, 11) is 0. The van der Waals surface area contributed by atoms with E-state index in [1.165, 1.54) is 0 Å². The first-order valence-corrected chi connectivity index (χ1v) is 6.83. The molecular formula is C16H12Cl2O. The number of carbonyl (C=O) groups is 1. The minimum Gasteiger partial charge on any atom is -0.288 e. The number of carbonyl (C=O) groups excluding carboxylic acids is 1. The summed E-state index contributed by atoms with van der Waals surface area (Å²) in [6.07, 6.45) is 0. The Bertz CT molecular complexity index is 644. The van der Waals surface area contributed by atoms with Crippen molar-refractivity contribution < 1.29 is 4.79 Å². The summed E-state index contributed by atoms with van der Waals surface area (Å²) in [6.45, 7) is 4.17. The normalized spacial score (nSPS) is 15.9. The molecule has 0 N–H and O–H groups in total. The van der Waals surface area contributed by atoms with E-state index in [2.05, 4.69) is 13.8 Å². The molecule has 0 amide bonds. The molecule has 3 rings (SSSR count). The topological polar surface area (TPSA) is 17.1 Å². The molecule has 0 heterocycles. The molecule has 0 unspecified atom stereocenters. The molecule has 0 radical (unpaired) electrons. The predicted octanol–water partition coefficient (Wildman–Crippen LogP) is 4.86. The third-order valence-electron chi connectivity index (χ3n) is 3.83. The highest BCUT2D eigenvalue weighted by atomic mass is 35.5. The first-order chi connectivity index (χ1) is 8.94. The van der Waals surface area contributed by atoms with Gasteiger partial charge in [-0.1, -0.05) is 61.3 Å². The van der Waals surface area contributed by atoms with Crippen LogP contribution in [-0.4, -0.2) is 5.78 Å². The number of rotatable bonds is 0. The maximum atomic E-state index is 12.7. The van der Waals surface area contributed by atoms with Crippen LogP contribution < -0.4 is 0 Å². The Labute approximate surface area is 122 Å². The number of hydrogen-bond acceptors (Lipinski definition) is 1. The number of hydrogen-bond donors (Lipinski definition) is 0. The van der Waals surface area contributed by atoms with Gasteiger partial charge in [0.2, 0.25) is 0 Å². The molecule has 1 nitrogen and oxygen atoms in total. The summed E-state index contributed by atoms with van der Waals surface area (Å²) in [5.41, 5.74) is 2.79. The number of halogens is 2. The quantitative estimate of drug-likeness (QED) is 0.677. The average molecular weight is 291 g/mol. The van der Waals surface area contributed by atoms with Gasteiger partial charge in [0.05, 0.1) is 10.0 Å². The van der Waals surface area contributed by atoms with Crippen LogP contribution in [0.15, 0.2) is 36.4 Å². The first kappa shape index (κ1) is 12.7. The second-order valence-electron chi connectivity index (χ2n) is 5.28. The molecule has 0 fully saturated rings. The van der Waals surface area contributed by atoms with Crippen LogP contribution in [-0.2, 0) is 5.41 Å². The van der Waals surface area contributed by atoms with Crippen molar-refractivity contribution in [2.24, 2.45) is 0 Å². The van der Waals surface area contributed by atoms with E-state index in [1.807, 2.05) is 24.3 Å². The number of fused-ring (bicyclic) bond motifs is 2. The van der Waals surface area contributed by atoms with Crippen molar-refractivity contribution in [2.45, 2.75) is 19.3 Å². The highest BCUT2D eigenvalue weighted by Crippen LogP contribution is 2.44. The molecule has 96 valence electrons. The molecule has 1 aliphatic rings. The van der Waals surface area contributed by atoms with Crippen LogP contribution in [0, 0.1) is 0 Å². The zero-order valence-electron chi connectivity index (χ0n) is 10.6. The summed E-state index contributed by atoms with van der Waals surface area (Å²) in [5, 5.41) is 0.974. The van der Waals surface area contributed by atoms with Gasteiger partial charge in [0.25, 0.3) is 0 Å². The minimum atomic E-state index is -0.283. The number of benzene rings is 2. The van der Waals surface area contributed by atoms with Gasteiger partial charge in [-0.25, -0.2) is 0 Å². The van der Waals surface area contributed by atoms with E-state index in [-0.39, 0.29) is 11.2 Å². The molecule has 0 aromatic heterocycles. The van der Waals surface area contributed by atoms with Crippen LogP contribution in [0.3, 0.4) is 0 Å². The van der Waals surface area contributed by atoms with E-state index in [0.717, 1.165) is 11.1 Å². The van der Waals surface area contributed by atoms with Gasteiger partial charge in [-0.2, -0.15) is 0 Å². The summed E-state index contributed by atoms with van der Waals surface area (Å²) < 4.78 is 0. The van der Waals surface area contributed by atoms with Crippen LogP contribution >= 0.6 is 23.2 Å². The minimum absolute atomic E-state index is 0.0828. The maximum absolute atomic E-state index is 12.7. The molecular weight excluding hydrogens is 279 g/mol.